The molecule has 2 aromatic rings. The van der Waals surface area contributed by atoms with Gasteiger partial charge < -0.3 is 9.84 Å². The Hall–Kier alpha value is -2.48. The molecule has 1 amide bonds. The van der Waals surface area contributed by atoms with Gasteiger partial charge >= 0.3 is 5.69 Å². The van der Waals surface area contributed by atoms with Crippen molar-refractivity contribution >= 4 is 23.2 Å². The Labute approximate surface area is 124 Å². The van der Waals surface area contributed by atoms with Gasteiger partial charge in [0.05, 0.1) is 4.92 Å². The molecule has 9 heteroatoms. The topological polar surface area (TPSA) is 111 Å². The number of nitro benzene ring substituents is 1. The Morgan fingerprint density at radius 2 is 2.29 bits per heavy atom. The maximum atomic E-state index is 12.0. The second-order valence-electron chi connectivity index (χ2n) is 4.13. The van der Waals surface area contributed by atoms with E-state index in [4.69, 9.17) is 16.1 Å². The van der Waals surface area contributed by atoms with E-state index in [1.54, 1.807) is 6.92 Å². The van der Waals surface area contributed by atoms with Gasteiger partial charge in [-0.2, -0.15) is 4.98 Å². The average Bonchev–Trinajstić information content (AvgIpc) is 2.83. The summed E-state index contributed by atoms with van der Waals surface area (Å²) in [5.74, 6) is 0.305. The molecule has 0 radical (unpaired) electrons. The van der Waals surface area contributed by atoms with Crippen LogP contribution in [0, 0.1) is 17.0 Å². The van der Waals surface area contributed by atoms with Crippen molar-refractivity contribution < 1.29 is 14.2 Å². The van der Waals surface area contributed by atoms with Gasteiger partial charge in [0.15, 0.2) is 5.82 Å². The number of halogens is 1. The third-order valence-electron chi connectivity index (χ3n) is 2.62. The molecule has 0 saturated carbocycles. The van der Waals surface area contributed by atoms with Gasteiger partial charge in [-0.15, -0.1) is 0 Å². The molecule has 0 spiro atoms. The van der Waals surface area contributed by atoms with Crippen LogP contribution in [0.2, 0.25) is 5.02 Å². The maximum Gasteiger partial charge on any atom is 0.300 e. The van der Waals surface area contributed by atoms with Gasteiger partial charge in [-0.3, -0.25) is 14.9 Å². The second-order valence-corrected chi connectivity index (χ2v) is 4.54. The number of rotatable bonds is 5. The Morgan fingerprint density at radius 3 is 2.90 bits per heavy atom. The molecule has 0 aliphatic rings. The molecule has 0 unspecified atom stereocenters. The van der Waals surface area contributed by atoms with Crippen molar-refractivity contribution in [3.8, 4) is 0 Å². The summed E-state index contributed by atoms with van der Waals surface area (Å²) >= 11 is 5.75. The molecular weight excluding hydrogens is 300 g/mol. The molecule has 0 aliphatic carbocycles. The first-order valence-electron chi connectivity index (χ1n) is 5.99. The highest BCUT2D eigenvalue weighted by atomic mass is 35.5. The Bertz CT molecular complexity index is 686. The minimum atomic E-state index is -0.681. The SMILES string of the molecule is Cc1nc(CCNC(=O)c2cccc(Cl)c2[N+](=O)[O-])no1. The molecule has 1 aromatic carbocycles. The number of carbonyl (C=O) groups is 1. The molecule has 0 atom stereocenters. The molecule has 0 fully saturated rings. The third kappa shape index (κ3) is 3.54. The first-order valence-corrected chi connectivity index (χ1v) is 6.37. The molecule has 1 aromatic heterocycles. The minimum Gasteiger partial charge on any atom is -0.351 e. The number of nitrogens with zero attached hydrogens (tertiary/aromatic N) is 3. The van der Waals surface area contributed by atoms with E-state index in [-0.39, 0.29) is 17.1 Å². The number of benzene rings is 1. The number of nitrogens with one attached hydrogen (secondary N) is 1. The summed E-state index contributed by atoms with van der Waals surface area (Å²) in [4.78, 5) is 26.2. The van der Waals surface area contributed by atoms with Crippen molar-refractivity contribution in [3.63, 3.8) is 0 Å². The van der Waals surface area contributed by atoms with Gasteiger partial charge in [-0.25, -0.2) is 0 Å². The lowest BCUT2D eigenvalue weighted by atomic mass is 10.1. The van der Waals surface area contributed by atoms with Crippen LogP contribution < -0.4 is 5.32 Å². The fraction of sp³-hybridized carbons (Fsp3) is 0.250. The molecule has 0 saturated heterocycles. The number of hydrogen-bond acceptors (Lipinski definition) is 6. The van der Waals surface area contributed by atoms with Crippen LogP contribution in [0.25, 0.3) is 0 Å². The van der Waals surface area contributed by atoms with Crippen LogP contribution in [0.15, 0.2) is 22.7 Å². The molecular formula is C12H11ClN4O4. The zero-order valence-electron chi connectivity index (χ0n) is 11.0. The highest BCUT2D eigenvalue weighted by Gasteiger charge is 2.23. The lowest BCUT2D eigenvalue weighted by molar-refractivity contribution is -0.385. The number of para-hydroxylation sites is 1. The summed E-state index contributed by atoms with van der Waals surface area (Å²) in [5, 5.41) is 17.1. The van der Waals surface area contributed by atoms with Gasteiger partial charge in [-0.05, 0) is 12.1 Å². The maximum absolute atomic E-state index is 12.0. The molecule has 21 heavy (non-hydrogen) atoms. The molecule has 0 aliphatic heterocycles. The fourth-order valence-electron chi connectivity index (χ4n) is 1.71. The largest absolute Gasteiger partial charge is 0.351 e. The van der Waals surface area contributed by atoms with Crippen LogP contribution in [-0.4, -0.2) is 27.5 Å². The van der Waals surface area contributed by atoms with Crippen LogP contribution in [-0.2, 0) is 6.42 Å². The minimum absolute atomic E-state index is 0.0820. The zero-order chi connectivity index (χ0) is 15.4. The van der Waals surface area contributed by atoms with E-state index in [1.165, 1.54) is 18.2 Å². The number of hydrogen-bond donors (Lipinski definition) is 1. The smallest absolute Gasteiger partial charge is 0.300 e. The first kappa shape index (κ1) is 14.9. The van der Waals surface area contributed by atoms with Gasteiger partial charge in [0, 0.05) is 19.9 Å². The number of aryl methyl sites for hydroxylation is 1. The van der Waals surface area contributed by atoms with Gasteiger partial charge in [0.25, 0.3) is 5.91 Å². The Balaban J connectivity index is 2.04. The fourth-order valence-corrected chi connectivity index (χ4v) is 1.95. The highest BCUT2D eigenvalue weighted by Crippen LogP contribution is 2.27. The highest BCUT2D eigenvalue weighted by molar-refractivity contribution is 6.33. The number of nitro groups is 1. The molecule has 1 heterocycles. The van der Waals surface area contributed by atoms with Crippen molar-refractivity contribution in [1.29, 1.82) is 0 Å². The second kappa shape index (κ2) is 6.31. The van der Waals surface area contributed by atoms with Crippen LogP contribution in [0.3, 0.4) is 0 Å². The van der Waals surface area contributed by atoms with E-state index in [0.717, 1.165) is 0 Å². The van der Waals surface area contributed by atoms with E-state index in [1.807, 2.05) is 0 Å². The lowest BCUT2D eigenvalue weighted by Crippen LogP contribution is -2.26. The van der Waals surface area contributed by atoms with Gasteiger partial charge in [0.2, 0.25) is 5.89 Å². The predicted molar refractivity (Wildman–Crippen MR) is 73.2 cm³/mol. The van der Waals surface area contributed by atoms with Crippen molar-refractivity contribution in [2.24, 2.45) is 0 Å². The normalized spacial score (nSPS) is 10.4. The van der Waals surface area contributed by atoms with E-state index in [2.05, 4.69) is 15.5 Å². The number of aromatic nitrogens is 2. The summed E-state index contributed by atoms with van der Waals surface area (Å²) in [6, 6.07) is 4.18. The Kier molecular flexibility index (Phi) is 4.49. The molecule has 2 rings (SSSR count). The first-order chi connectivity index (χ1) is 9.99. The van der Waals surface area contributed by atoms with Crippen molar-refractivity contribution in [2.45, 2.75) is 13.3 Å². The van der Waals surface area contributed by atoms with Gasteiger partial charge in [0.1, 0.15) is 10.6 Å². The van der Waals surface area contributed by atoms with E-state index in [0.29, 0.717) is 18.1 Å². The quantitative estimate of drug-likeness (QED) is 0.667. The standard InChI is InChI=1S/C12H11ClN4O4/c1-7-15-10(16-21-7)5-6-14-12(18)8-3-2-4-9(13)11(8)17(19)20/h2-4H,5-6H2,1H3,(H,14,18). The number of carbonyl (C=O) groups excluding carboxylic acids is 1. The summed E-state index contributed by atoms with van der Waals surface area (Å²) in [6.45, 7) is 1.88. The third-order valence-corrected chi connectivity index (χ3v) is 2.92. The summed E-state index contributed by atoms with van der Waals surface area (Å²) in [7, 11) is 0. The van der Waals surface area contributed by atoms with Crippen molar-refractivity contribution in [2.75, 3.05) is 6.54 Å². The van der Waals surface area contributed by atoms with E-state index >= 15 is 0 Å². The Morgan fingerprint density at radius 1 is 1.52 bits per heavy atom. The average molecular weight is 311 g/mol. The zero-order valence-corrected chi connectivity index (χ0v) is 11.8. The van der Waals surface area contributed by atoms with E-state index in [9.17, 15) is 14.9 Å². The molecule has 0 bridgehead atoms. The van der Waals surface area contributed by atoms with Crippen molar-refractivity contribution in [3.05, 3.63) is 50.6 Å². The number of amides is 1. The molecule has 1 N–H and O–H groups in total. The predicted octanol–water partition coefficient (Wildman–Crippen LogP) is 1.91. The van der Waals surface area contributed by atoms with Crippen LogP contribution >= 0.6 is 11.6 Å². The van der Waals surface area contributed by atoms with Crippen LogP contribution in [0.1, 0.15) is 22.1 Å². The van der Waals surface area contributed by atoms with Crippen LogP contribution in [0.4, 0.5) is 5.69 Å². The monoisotopic (exact) mass is 310 g/mol. The molecule has 110 valence electrons. The van der Waals surface area contributed by atoms with Gasteiger partial charge in [-0.1, -0.05) is 22.8 Å². The summed E-state index contributed by atoms with van der Waals surface area (Å²) in [6.07, 6.45) is 0.359. The summed E-state index contributed by atoms with van der Waals surface area (Å²) < 4.78 is 4.79. The lowest BCUT2D eigenvalue weighted by Gasteiger charge is -2.05. The molecule has 8 nitrogen and oxygen atoms in total. The van der Waals surface area contributed by atoms with E-state index < -0.39 is 16.5 Å². The summed E-state index contributed by atoms with van der Waals surface area (Å²) in [5.41, 5.74) is -0.496. The van der Waals surface area contributed by atoms with Crippen LogP contribution in [0.5, 0.6) is 0 Å². The van der Waals surface area contributed by atoms with Crippen molar-refractivity contribution in [1.82, 2.24) is 15.5 Å².